The Morgan fingerprint density at radius 1 is 1.19 bits per heavy atom. The van der Waals surface area contributed by atoms with Crippen molar-refractivity contribution in [1.29, 1.82) is 0 Å². The lowest BCUT2D eigenvalue weighted by Gasteiger charge is -2.33. The average Bonchev–Trinajstić information content (AvgIpc) is 2.85. The third-order valence-electron chi connectivity index (χ3n) is 4.06. The van der Waals surface area contributed by atoms with Gasteiger partial charge in [-0.3, -0.25) is 4.79 Å². The van der Waals surface area contributed by atoms with Gasteiger partial charge in [0, 0.05) is 12.6 Å². The van der Waals surface area contributed by atoms with Gasteiger partial charge in [0.25, 0.3) is 0 Å². The van der Waals surface area contributed by atoms with Gasteiger partial charge in [0.1, 0.15) is 0 Å². The molecule has 16 heavy (non-hydrogen) atoms. The number of amides is 1. The van der Waals surface area contributed by atoms with E-state index in [2.05, 4.69) is 4.90 Å². The number of carbonyl (C=O) groups excluding carboxylic acids is 1. The molecule has 1 atom stereocenters. The molecule has 0 aromatic carbocycles. The van der Waals surface area contributed by atoms with Crippen LogP contribution in [-0.2, 0) is 4.79 Å². The van der Waals surface area contributed by atoms with E-state index in [4.69, 9.17) is 5.73 Å². The molecule has 1 heterocycles. The topological polar surface area (TPSA) is 46.3 Å². The van der Waals surface area contributed by atoms with E-state index >= 15 is 0 Å². The zero-order chi connectivity index (χ0) is 11.8. The van der Waals surface area contributed by atoms with Crippen molar-refractivity contribution in [3.05, 3.63) is 0 Å². The summed E-state index contributed by atoms with van der Waals surface area (Å²) >= 11 is 0. The molecule has 1 saturated carbocycles. The Morgan fingerprint density at radius 3 is 2.38 bits per heavy atom. The van der Waals surface area contributed by atoms with Gasteiger partial charge in [-0.15, -0.1) is 0 Å². The Labute approximate surface area is 98.4 Å². The molecule has 1 amide bonds. The molecule has 0 spiro atoms. The molecule has 0 bridgehead atoms. The van der Waals surface area contributed by atoms with Gasteiger partial charge in [0.2, 0.25) is 5.91 Å². The van der Waals surface area contributed by atoms with Crippen LogP contribution in [0.5, 0.6) is 0 Å². The van der Waals surface area contributed by atoms with E-state index < -0.39 is 5.54 Å². The normalized spacial score (nSPS) is 27.7. The largest absolute Gasteiger partial charge is 0.338 e. The highest BCUT2D eigenvalue weighted by atomic mass is 16.2. The number of nitrogens with two attached hydrogens (primary N) is 1. The van der Waals surface area contributed by atoms with Gasteiger partial charge in [0.05, 0.1) is 5.54 Å². The molecule has 1 saturated heterocycles. The quantitative estimate of drug-likeness (QED) is 0.778. The minimum Gasteiger partial charge on any atom is -0.338 e. The fourth-order valence-corrected chi connectivity index (χ4v) is 3.25. The molecule has 2 N–H and O–H groups in total. The van der Waals surface area contributed by atoms with E-state index in [0.717, 1.165) is 18.9 Å². The molecule has 3 nitrogen and oxygen atoms in total. The number of hydrogen-bond acceptors (Lipinski definition) is 2. The van der Waals surface area contributed by atoms with Crippen LogP contribution < -0.4 is 5.73 Å². The highest BCUT2D eigenvalue weighted by Crippen LogP contribution is 2.36. The zero-order valence-electron chi connectivity index (χ0n) is 10.5. The summed E-state index contributed by atoms with van der Waals surface area (Å²) < 4.78 is 0. The Morgan fingerprint density at radius 2 is 1.81 bits per heavy atom. The maximum Gasteiger partial charge on any atom is 0.242 e. The number of nitrogens with zero attached hydrogens (tertiary/aromatic N) is 1. The maximum absolute atomic E-state index is 12.2. The smallest absolute Gasteiger partial charge is 0.242 e. The Kier molecular flexibility index (Phi) is 3.24. The maximum atomic E-state index is 12.2. The molecule has 0 radical (unpaired) electrons. The lowest BCUT2D eigenvalue weighted by molar-refractivity contribution is -0.137. The molecule has 0 aromatic heterocycles. The van der Waals surface area contributed by atoms with Crippen molar-refractivity contribution < 1.29 is 4.79 Å². The van der Waals surface area contributed by atoms with E-state index in [-0.39, 0.29) is 5.91 Å². The summed E-state index contributed by atoms with van der Waals surface area (Å²) in [5, 5.41) is 0. The summed E-state index contributed by atoms with van der Waals surface area (Å²) in [7, 11) is 0. The molecule has 3 heteroatoms. The molecule has 1 unspecified atom stereocenters. The Balaban J connectivity index is 2.05. The van der Waals surface area contributed by atoms with E-state index in [1.165, 1.54) is 32.1 Å². The monoisotopic (exact) mass is 224 g/mol. The summed E-state index contributed by atoms with van der Waals surface area (Å²) in [6.45, 7) is 4.55. The first-order valence-corrected chi connectivity index (χ1v) is 6.60. The lowest BCUT2D eigenvalue weighted by atomic mass is 9.94. The van der Waals surface area contributed by atoms with Crippen molar-refractivity contribution in [3.63, 3.8) is 0 Å². The van der Waals surface area contributed by atoms with Crippen LogP contribution in [0.1, 0.15) is 52.4 Å². The van der Waals surface area contributed by atoms with Crippen molar-refractivity contribution in [1.82, 2.24) is 4.90 Å². The van der Waals surface area contributed by atoms with Gasteiger partial charge in [-0.05, 0) is 45.4 Å². The fraction of sp³-hybridized carbons (Fsp3) is 0.923. The van der Waals surface area contributed by atoms with Gasteiger partial charge in [-0.1, -0.05) is 12.8 Å². The van der Waals surface area contributed by atoms with Crippen LogP contribution in [0.4, 0.5) is 0 Å². The summed E-state index contributed by atoms with van der Waals surface area (Å²) in [6.07, 6.45) is 7.64. The van der Waals surface area contributed by atoms with E-state index in [1.807, 2.05) is 13.8 Å². The first kappa shape index (κ1) is 11.9. The van der Waals surface area contributed by atoms with Crippen LogP contribution >= 0.6 is 0 Å². The van der Waals surface area contributed by atoms with Gasteiger partial charge in [-0.2, -0.15) is 0 Å². The van der Waals surface area contributed by atoms with Crippen molar-refractivity contribution >= 4 is 5.91 Å². The van der Waals surface area contributed by atoms with Gasteiger partial charge >= 0.3 is 0 Å². The van der Waals surface area contributed by atoms with Crippen LogP contribution in [0.25, 0.3) is 0 Å². The van der Waals surface area contributed by atoms with E-state index in [1.54, 1.807) is 0 Å². The van der Waals surface area contributed by atoms with Crippen molar-refractivity contribution in [3.8, 4) is 0 Å². The average molecular weight is 224 g/mol. The number of likely N-dealkylation sites (tertiary alicyclic amines) is 1. The molecule has 1 aliphatic carbocycles. The molecule has 2 rings (SSSR count). The standard InChI is InChI=1S/C13H24N2O/c1-13(2,14)12(16)15-9-5-8-11(15)10-6-3-4-7-10/h10-11H,3-9,14H2,1-2H3. The highest BCUT2D eigenvalue weighted by Gasteiger charge is 2.39. The molecule has 2 fully saturated rings. The van der Waals surface area contributed by atoms with Gasteiger partial charge < -0.3 is 10.6 Å². The van der Waals surface area contributed by atoms with Crippen LogP contribution in [0.2, 0.25) is 0 Å². The molecule has 2 aliphatic rings. The molecular weight excluding hydrogens is 200 g/mol. The summed E-state index contributed by atoms with van der Waals surface area (Å²) in [5.74, 6) is 0.885. The molecule has 92 valence electrons. The predicted molar refractivity (Wildman–Crippen MR) is 65.0 cm³/mol. The van der Waals surface area contributed by atoms with Crippen molar-refractivity contribution in [2.24, 2.45) is 11.7 Å². The SMILES string of the molecule is CC(C)(N)C(=O)N1CCCC1C1CCCC1. The molecule has 0 aromatic rings. The fourth-order valence-electron chi connectivity index (χ4n) is 3.25. The van der Waals surface area contributed by atoms with Crippen LogP contribution in [0.3, 0.4) is 0 Å². The second-order valence-corrected chi connectivity index (χ2v) is 5.97. The minimum absolute atomic E-state index is 0.141. The van der Waals surface area contributed by atoms with Crippen molar-refractivity contribution in [2.45, 2.75) is 64.0 Å². The predicted octanol–water partition coefficient (Wildman–Crippen LogP) is 1.90. The Hall–Kier alpha value is -0.570. The second kappa shape index (κ2) is 4.36. The zero-order valence-corrected chi connectivity index (χ0v) is 10.5. The van der Waals surface area contributed by atoms with Gasteiger partial charge in [-0.25, -0.2) is 0 Å². The first-order chi connectivity index (χ1) is 7.50. The minimum atomic E-state index is -0.707. The molecule has 1 aliphatic heterocycles. The highest BCUT2D eigenvalue weighted by molar-refractivity contribution is 5.85. The lowest BCUT2D eigenvalue weighted by Crippen LogP contribution is -2.53. The van der Waals surface area contributed by atoms with Crippen LogP contribution in [0.15, 0.2) is 0 Å². The Bertz CT molecular complexity index is 264. The third kappa shape index (κ3) is 2.24. The van der Waals surface area contributed by atoms with Gasteiger partial charge in [0.15, 0.2) is 0 Å². The van der Waals surface area contributed by atoms with Crippen LogP contribution in [-0.4, -0.2) is 28.9 Å². The third-order valence-corrected chi connectivity index (χ3v) is 4.06. The first-order valence-electron chi connectivity index (χ1n) is 6.60. The summed E-state index contributed by atoms with van der Waals surface area (Å²) in [4.78, 5) is 14.3. The number of rotatable bonds is 2. The number of carbonyl (C=O) groups is 1. The summed E-state index contributed by atoms with van der Waals surface area (Å²) in [6, 6.07) is 0.484. The second-order valence-electron chi connectivity index (χ2n) is 5.97. The van der Waals surface area contributed by atoms with Crippen molar-refractivity contribution in [2.75, 3.05) is 6.54 Å². The molecular formula is C13H24N2O. The summed E-state index contributed by atoms with van der Waals surface area (Å²) in [5.41, 5.74) is 5.22. The van der Waals surface area contributed by atoms with Crippen LogP contribution in [0, 0.1) is 5.92 Å². The van der Waals surface area contributed by atoms with E-state index in [9.17, 15) is 4.79 Å². The number of hydrogen-bond donors (Lipinski definition) is 1. The van der Waals surface area contributed by atoms with E-state index in [0.29, 0.717) is 6.04 Å².